The molecule has 1 aromatic carbocycles. The summed E-state index contributed by atoms with van der Waals surface area (Å²) in [5.74, 6) is 0.838. The van der Waals surface area contributed by atoms with E-state index in [9.17, 15) is 4.79 Å². The molecule has 5 heteroatoms. The molecule has 138 valence electrons. The Morgan fingerprint density at radius 2 is 2.00 bits per heavy atom. The molecule has 1 atom stereocenters. The summed E-state index contributed by atoms with van der Waals surface area (Å²) in [6, 6.07) is 14.0. The van der Waals surface area contributed by atoms with Gasteiger partial charge in [0, 0.05) is 30.9 Å². The highest BCUT2D eigenvalue weighted by Crippen LogP contribution is 2.26. The van der Waals surface area contributed by atoms with Gasteiger partial charge in [-0.3, -0.25) is 9.78 Å². The first kappa shape index (κ1) is 17.5. The molecule has 4 rings (SSSR count). The van der Waals surface area contributed by atoms with Gasteiger partial charge in [0.2, 0.25) is 5.88 Å². The van der Waals surface area contributed by atoms with Crippen LogP contribution >= 0.6 is 0 Å². The summed E-state index contributed by atoms with van der Waals surface area (Å²) in [4.78, 5) is 23.5. The lowest BCUT2D eigenvalue weighted by Crippen LogP contribution is -2.40. The number of nitrogens with zero attached hydrogens (tertiary/aromatic N) is 3. The fourth-order valence-electron chi connectivity index (χ4n) is 3.96. The van der Waals surface area contributed by atoms with Crippen LogP contribution in [0.2, 0.25) is 0 Å². The number of amides is 1. The molecule has 3 heterocycles. The van der Waals surface area contributed by atoms with E-state index < -0.39 is 0 Å². The highest BCUT2D eigenvalue weighted by molar-refractivity contribution is 5.96. The number of aromatic nitrogens is 2. The van der Waals surface area contributed by atoms with Crippen molar-refractivity contribution in [3.05, 3.63) is 66.0 Å². The second-order valence-corrected chi connectivity index (χ2v) is 7.01. The van der Waals surface area contributed by atoms with Gasteiger partial charge in [0.1, 0.15) is 5.56 Å². The van der Waals surface area contributed by atoms with Crippen molar-refractivity contribution >= 4 is 16.8 Å². The van der Waals surface area contributed by atoms with E-state index in [0.717, 1.165) is 37.9 Å². The molecule has 0 radical (unpaired) electrons. The highest BCUT2D eigenvalue weighted by atomic mass is 16.5. The lowest BCUT2D eigenvalue weighted by molar-refractivity contribution is 0.0669. The summed E-state index contributed by atoms with van der Waals surface area (Å²) in [6.45, 7) is 1.54. The van der Waals surface area contributed by atoms with Gasteiger partial charge >= 0.3 is 0 Å². The van der Waals surface area contributed by atoms with E-state index in [1.165, 1.54) is 10.9 Å². The number of benzene rings is 1. The number of fused-ring (bicyclic) bond motifs is 1. The van der Waals surface area contributed by atoms with Crippen LogP contribution in [0.5, 0.6) is 5.88 Å². The summed E-state index contributed by atoms with van der Waals surface area (Å²) in [5, 5.41) is 1.21. The molecular weight excluding hydrogens is 338 g/mol. The van der Waals surface area contributed by atoms with Gasteiger partial charge in [0.05, 0.1) is 12.6 Å². The lowest BCUT2D eigenvalue weighted by Gasteiger charge is -2.33. The Morgan fingerprint density at radius 3 is 2.89 bits per heavy atom. The van der Waals surface area contributed by atoms with E-state index >= 15 is 0 Å². The molecule has 0 spiro atoms. The number of methoxy groups -OCH3 is 1. The molecule has 2 aromatic heterocycles. The van der Waals surface area contributed by atoms with Crippen molar-refractivity contribution in [2.75, 3.05) is 20.2 Å². The van der Waals surface area contributed by atoms with Crippen LogP contribution in [0.25, 0.3) is 10.9 Å². The molecule has 0 aliphatic carbocycles. The molecule has 0 saturated carbocycles. The quantitative estimate of drug-likeness (QED) is 0.710. The monoisotopic (exact) mass is 361 g/mol. The number of carbonyl (C=O) groups excluding carboxylic acids is 1. The maximum Gasteiger partial charge on any atom is 0.259 e. The molecule has 1 saturated heterocycles. The molecule has 1 amide bonds. The number of rotatable bonds is 4. The van der Waals surface area contributed by atoms with Crippen molar-refractivity contribution in [3.8, 4) is 5.88 Å². The third-order valence-electron chi connectivity index (χ3n) is 5.25. The number of hydrogen-bond donors (Lipinski definition) is 0. The maximum atomic E-state index is 13.0. The largest absolute Gasteiger partial charge is 0.480 e. The van der Waals surface area contributed by atoms with Crippen LogP contribution in [-0.4, -0.2) is 41.0 Å². The average Bonchev–Trinajstić information content (AvgIpc) is 2.73. The zero-order valence-corrected chi connectivity index (χ0v) is 15.5. The van der Waals surface area contributed by atoms with Crippen LogP contribution in [0.15, 0.2) is 54.9 Å². The van der Waals surface area contributed by atoms with E-state index in [2.05, 4.69) is 28.2 Å². The van der Waals surface area contributed by atoms with E-state index in [1.807, 2.05) is 23.2 Å². The first-order valence-corrected chi connectivity index (χ1v) is 9.37. The van der Waals surface area contributed by atoms with E-state index in [4.69, 9.17) is 4.74 Å². The molecule has 0 N–H and O–H groups in total. The van der Waals surface area contributed by atoms with Gasteiger partial charge in [0.15, 0.2) is 0 Å². The van der Waals surface area contributed by atoms with Crippen molar-refractivity contribution in [2.45, 2.75) is 19.3 Å². The standard InChI is InChI=1S/C22H23N3O2/c1-27-21-19(9-4-12-24-21)22(26)25-13-5-6-16(15-25)14-17-7-2-10-20-18(17)8-3-11-23-20/h2-4,7-12,16H,5-6,13-15H2,1H3/t16-/m1/s1. The van der Waals surface area contributed by atoms with E-state index in [-0.39, 0.29) is 5.91 Å². The van der Waals surface area contributed by atoms with Crippen LogP contribution < -0.4 is 4.74 Å². The maximum absolute atomic E-state index is 13.0. The van der Waals surface area contributed by atoms with Gasteiger partial charge in [-0.15, -0.1) is 0 Å². The number of likely N-dealkylation sites (tertiary alicyclic amines) is 1. The summed E-state index contributed by atoms with van der Waals surface area (Å²) in [6.07, 6.45) is 6.57. The van der Waals surface area contributed by atoms with Crippen molar-refractivity contribution in [3.63, 3.8) is 0 Å². The van der Waals surface area contributed by atoms with Crippen LogP contribution in [0.3, 0.4) is 0 Å². The average molecular weight is 361 g/mol. The van der Waals surface area contributed by atoms with Crippen LogP contribution in [0.4, 0.5) is 0 Å². The Labute approximate surface area is 159 Å². The van der Waals surface area contributed by atoms with Gasteiger partial charge in [0.25, 0.3) is 5.91 Å². The van der Waals surface area contributed by atoms with Crippen LogP contribution in [0, 0.1) is 5.92 Å². The summed E-state index contributed by atoms with van der Waals surface area (Å²) in [5.41, 5.74) is 2.87. The Balaban J connectivity index is 1.52. The molecule has 5 nitrogen and oxygen atoms in total. The first-order chi connectivity index (χ1) is 13.3. The van der Waals surface area contributed by atoms with Gasteiger partial charge < -0.3 is 9.64 Å². The number of carbonyl (C=O) groups is 1. The fourth-order valence-corrected chi connectivity index (χ4v) is 3.96. The second kappa shape index (κ2) is 7.74. The van der Waals surface area contributed by atoms with E-state index in [0.29, 0.717) is 17.4 Å². The Kier molecular flexibility index (Phi) is 5.01. The summed E-state index contributed by atoms with van der Waals surface area (Å²) in [7, 11) is 1.55. The van der Waals surface area contributed by atoms with Gasteiger partial charge in [-0.1, -0.05) is 18.2 Å². The zero-order valence-electron chi connectivity index (χ0n) is 15.5. The summed E-state index contributed by atoms with van der Waals surface area (Å²) >= 11 is 0. The van der Waals surface area contributed by atoms with Crippen molar-refractivity contribution < 1.29 is 9.53 Å². The van der Waals surface area contributed by atoms with Crippen molar-refractivity contribution in [1.82, 2.24) is 14.9 Å². The topological polar surface area (TPSA) is 55.3 Å². The number of hydrogen-bond acceptors (Lipinski definition) is 4. The molecule has 0 unspecified atom stereocenters. The Morgan fingerprint density at radius 1 is 1.15 bits per heavy atom. The molecular formula is C22H23N3O2. The van der Waals surface area contributed by atoms with Crippen molar-refractivity contribution in [1.29, 1.82) is 0 Å². The number of pyridine rings is 2. The molecule has 1 fully saturated rings. The molecule has 3 aromatic rings. The smallest absolute Gasteiger partial charge is 0.259 e. The molecule has 0 bridgehead atoms. The molecule has 1 aliphatic heterocycles. The van der Waals surface area contributed by atoms with Crippen LogP contribution in [-0.2, 0) is 6.42 Å². The second-order valence-electron chi connectivity index (χ2n) is 7.01. The predicted octanol–water partition coefficient (Wildman–Crippen LogP) is 3.73. The Hall–Kier alpha value is -2.95. The Bertz CT molecular complexity index is 952. The van der Waals surface area contributed by atoms with Crippen molar-refractivity contribution in [2.24, 2.45) is 5.92 Å². The number of ether oxygens (including phenoxy) is 1. The SMILES string of the molecule is COc1ncccc1C(=O)N1CCC[C@H](Cc2cccc3ncccc23)C1. The normalized spacial score (nSPS) is 17.1. The van der Waals surface area contributed by atoms with Crippen LogP contribution in [0.1, 0.15) is 28.8 Å². The minimum Gasteiger partial charge on any atom is -0.480 e. The molecule has 27 heavy (non-hydrogen) atoms. The fraction of sp³-hybridized carbons (Fsp3) is 0.318. The zero-order chi connectivity index (χ0) is 18.6. The predicted molar refractivity (Wildman–Crippen MR) is 105 cm³/mol. The first-order valence-electron chi connectivity index (χ1n) is 9.37. The molecule has 1 aliphatic rings. The van der Waals surface area contributed by atoms with E-state index in [1.54, 1.807) is 25.4 Å². The minimum absolute atomic E-state index is 0.00392. The third-order valence-corrected chi connectivity index (χ3v) is 5.25. The van der Waals surface area contributed by atoms with Gasteiger partial charge in [-0.25, -0.2) is 4.98 Å². The third kappa shape index (κ3) is 3.63. The van der Waals surface area contributed by atoms with Gasteiger partial charge in [-0.2, -0.15) is 0 Å². The minimum atomic E-state index is 0.00392. The van der Waals surface area contributed by atoms with Gasteiger partial charge in [-0.05, 0) is 55.0 Å². The highest BCUT2D eigenvalue weighted by Gasteiger charge is 2.27. The summed E-state index contributed by atoms with van der Waals surface area (Å²) < 4.78 is 5.26. The lowest BCUT2D eigenvalue weighted by atomic mass is 9.89. The number of piperidine rings is 1.